The second kappa shape index (κ2) is 5.96. The van der Waals surface area contributed by atoms with Crippen molar-refractivity contribution in [3.63, 3.8) is 0 Å². The Labute approximate surface area is 129 Å². The molecule has 0 N–H and O–H groups in total. The Kier molecular flexibility index (Phi) is 4.02. The quantitative estimate of drug-likeness (QED) is 0.639. The molecule has 0 radical (unpaired) electrons. The molecule has 0 aliphatic carbocycles. The van der Waals surface area contributed by atoms with Crippen molar-refractivity contribution in [1.82, 2.24) is 10.2 Å². The van der Waals surface area contributed by atoms with Gasteiger partial charge in [0, 0.05) is 16.5 Å². The van der Waals surface area contributed by atoms with E-state index in [2.05, 4.69) is 10.2 Å². The first-order valence-corrected chi connectivity index (χ1v) is 7.52. The second-order valence-corrected chi connectivity index (χ2v) is 5.69. The van der Waals surface area contributed by atoms with Gasteiger partial charge in [0.15, 0.2) is 0 Å². The van der Waals surface area contributed by atoms with E-state index in [1.54, 1.807) is 12.3 Å². The zero-order valence-corrected chi connectivity index (χ0v) is 12.2. The molecular formula is C16H11F3N2S. The highest BCUT2D eigenvalue weighted by Gasteiger charge is 2.30. The van der Waals surface area contributed by atoms with Crippen LogP contribution < -0.4 is 0 Å². The van der Waals surface area contributed by atoms with Crippen LogP contribution >= 0.6 is 11.8 Å². The van der Waals surface area contributed by atoms with Crippen LogP contribution in [0.4, 0.5) is 13.2 Å². The molecule has 22 heavy (non-hydrogen) atoms. The van der Waals surface area contributed by atoms with Crippen LogP contribution in [0.15, 0.2) is 59.8 Å². The first kappa shape index (κ1) is 14.8. The standard InChI is InChI=1S/C16H11F3N2S/c17-16(18,19)13-6-3-4-11(8-13)10-22-15-14-7-2-1-5-12(14)9-20-21-15/h1-9H,10H2. The second-order valence-electron chi connectivity index (χ2n) is 4.72. The van der Waals surface area contributed by atoms with E-state index in [0.717, 1.165) is 21.9 Å². The number of aromatic nitrogens is 2. The third-order valence-electron chi connectivity index (χ3n) is 3.17. The summed E-state index contributed by atoms with van der Waals surface area (Å²) < 4.78 is 38.1. The number of alkyl halides is 3. The average molecular weight is 320 g/mol. The maximum absolute atomic E-state index is 12.7. The summed E-state index contributed by atoms with van der Waals surface area (Å²) in [7, 11) is 0. The minimum atomic E-state index is -4.32. The van der Waals surface area contributed by atoms with Crippen molar-refractivity contribution in [3.8, 4) is 0 Å². The van der Waals surface area contributed by atoms with Gasteiger partial charge in [-0.1, -0.05) is 54.2 Å². The van der Waals surface area contributed by atoms with Crippen LogP contribution in [0.5, 0.6) is 0 Å². The zero-order chi connectivity index (χ0) is 15.6. The van der Waals surface area contributed by atoms with E-state index in [0.29, 0.717) is 11.3 Å². The van der Waals surface area contributed by atoms with Gasteiger partial charge in [-0.25, -0.2) is 0 Å². The molecule has 3 aromatic rings. The molecule has 2 nitrogen and oxygen atoms in total. The molecular weight excluding hydrogens is 309 g/mol. The molecule has 0 atom stereocenters. The number of nitrogens with zero attached hydrogens (tertiary/aromatic N) is 2. The van der Waals surface area contributed by atoms with Gasteiger partial charge < -0.3 is 0 Å². The highest BCUT2D eigenvalue weighted by molar-refractivity contribution is 7.98. The number of fused-ring (bicyclic) bond motifs is 1. The smallest absolute Gasteiger partial charge is 0.166 e. The minimum absolute atomic E-state index is 0.409. The fourth-order valence-electron chi connectivity index (χ4n) is 2.10. The molecule has 0 unspecified atom stereocenters. The van der Waals surface area contributed by atoms with E-state index in [-0.39, 0.29) is 0 Å². The molecule has 0 aliphatic rings. The zero-order valence-electron chi connectivity index (χ0n) is 11.3. The summed E-state index contributed by atoms with van der Waals surface area (Å²) in [5, 5.41) is 10.6. The van der Waals surface area contributed by atoms with Crippen molar-refractivity contribution in [2.24, 2.45) is 0 Å². The fraction of sp³-hybridized carbons (Fsp3) is 0.125. The van der Waals surface area contributed by atoms with Crippen LogP contribution in [0.2, 0.25) is 0 Å². The summed E-state index contributed by atoms with van der Waals surface area (Å²) in [6.07, 6.45) is -2.65. The van der Waals surface area contributed by atoms with Gasteiger partial charge in [0.2, 0.25) is 0 Å². The van der Waals surface area contributed by atoms with Gasteiger partial charge >= 0.3 is 6.18 Å². The van der Waals surface area contributed by atoms with E-state index in [1.165, 1.54) is 23.9 Å². The summed E-state index contributed by atoms with van der Waals surface area (Å²) in [5.74, 6) is 0.409. The summed E-state index contributed by atoms with van der Waals surface area (Å²) in [4.78, 5) is 0. The van der Waals surface area contributed by atoms with Crippen molar-refractivity contribution < 1.29 is 13.2 Å². The van der Waals surface area contributed by atoms with Crippen LogP contribution in [-0.4, -0.2) is 10.2 Å². The van der Waals surface area contributed by atoms with E-state index in [1.807, 2.05) is 24.3 Å². The van der Waals surface area contributed by atoms with E-state index < -0.39 is 11.7 Å². The van der Waals surface area contributed by atoms with E-state index >= 15 is 0 Å². The molecule has 0 spiro atoms. The third-order valence-corrected chi connectivity index (χ3v) is 4.22. The normalized spacial score (nSPS) is 11.8. The number of halogens is 3. The molecule has 0 saturated carbocycles. The molecule has 0 bridgehead atoms. The summed E-state index contributed by atoms with van der Waals surface area (Å²) >= 11 is 1.38. The van der Waals surface area contributed by atoms with Crippen LogP contribution in [0.25, 0.3) is 10.8 Å². The molecule has 0 saturated heterocycles. The van der Waals surface area contributed by atoms with Gasteiger partial charge in [-0.2, -0.15) is 18.3 Å². The van der Waals surface area contributed by atoms with Crippen LogP contribution in [0.1, 0.15) is 11.1 Å². The van der Waals surface area contributed by atoms with Crippen molar-refractivity contribution >= 4 is 22.5 Å². The topological polar surface area (TPSA) is 25.8 Å². The molecule has 2 aromatic carbocycles. The van der Waals surface area contributed by atoms with Gasteiger partial charge in [0.1, 0.15) is 5.03 Å². The first-order chi connectivity index (χ1) is 10.5. The molecule has 1 heterocycles. The molecule has 0 fully saturated rings. The van der Waals surface area contributed by atoms with Crippen LogP contribution in [0, 0.1) is 0 Å². The molecule has 6 heteroatoms. The van der Waals surface area contributed by atoms with Gasteiger partial charge in [-0.05, 0) is 11.6 Å². The van der Waals surface area contributed by atoms with Gasteiger partial charge in [-0.15, -0.1) is 5.10 Å². The minimum Gasteiger partial charge on any atom is -0.166 e. The molecule has 3 rings (SSSR count). The Balaban J connectivity index is 1.83. The number of rotatable bonds is 3. The number of benzene rings is 2. The van der Waals surface area contributed by atoms with Gasteiger partial charge in [-0.3, -0.25) is 0 Å². The largest absolute Gasteiger partial charge is 0.416 e. The summed E-state index contributed by atoms with van der Waals surface area (Å²) in [5.41, 5.74) is -0.0239. The Morgan fingerprint density at radius 3 is 2.64 bits per heavy atom. The van der Waals surface area contributed by atoms with Gasteiger partial charge in [0.05, 0.1) is 11.8 Å². The molecule has 0 amide bonds. The Bertz CT molecular complexity index is 797. The predicted octanol–water partition coefficient (Wildman–Crippen LogP) is 4.94. The molecule has 1 aromatic heterocycles. The fourth-order valence-corrected chi connectivity index (χ4v) is 3.03. The lowest BCUT2D eigenvalue weighted by Gasteiger charge is -2.09. The molecule has 112 valence electrons. The van der Waals surface area contributed by atoms with Crippen molar-refractivity contribution in [1.29, 1.82) is 0 Å². The Hall–Kier alpha value is -2.08. The van der Waals surface area contributed by atoms with Crippen molar-refractivity contribution in [2.75, 3.05) is 0 Å². The number of thioether (sulfide) groups is 1. The van der Waals surface area contributed by atoms with Gasteiger partial charge in [0.25, 0.3) is 0 Å². The number of hydrogen-bond acceptors (Lipinski definition) is 3. The maximum Gasteiger partial charge on any atom is 0.416 e. The third kappa shape index (κ3) is 3.22. The Morgan fingerprint density at radius 2 is 1.82 bits per heavy atom. The lowest BCUT2D eigenvalue weighted by atomic mass is 10.1. The maximum atomic E-state index is 12.7. The molecule has 0 aliphatic heterocycles. The first-order valence-electron chi connectivity index (χ1n) is 6.53. The summed E-state index contributed by atoms with van der Waals surface area (Å²) in [6.45, 7) is 0. The SMILES string of the molecule is FC(F)(F)c1cccc(CSc2nncc3ccccc23)c1. The average Bonchev–Trinajstić information content (AvgIpc) is 2.52. The Morgan fingerprint density at radius 1 is 1.00 bits per heavy atom. The monoisotopic (exact) mass is 320 g/mol. The van der Waals surface area contributed by atoms with E-state index in [9.17, 15) is 13.2 Å². The van der Waals surface area contributed by atoms with E-state index in [4.69, 9.17) is 0 Å². The van der Waals surface area contributed by atoms with Crippen LogP contribution in [-0.2, 0) is 11.9 Å². The summed E-state index contributed by atoms with van der Waals surface area (Å²) in [6, 6.07) is 13.0. The highest BCUT2D eigenvalue weighted by atomic mass is 32.2. The predicted molar refractivity (Wildman–Crippen MR) is 80.5 cm³/mol. The lowest BCUT2D eigenvalue weighted by molar-refractivity contribution is -0.137. The van der Waals surface area contributed by atoms with Crippen LogP contribution in [0.3, 0.4) is 0 Å². The van der Waals surface area contributed by atoms with Crippen molar-refractivity contribution in [3.05, 3.63) is 65.9 Å². The highest BCUT2D eigenvalue weighted by Crippen LogP contribution is 2.32. The van der Waals surface area contributed by atoms with Crippen molar-refractivity contribution in [2.45, 2.75) is 17.0 Å². The number of hydrogen-bond donors (Lipinski definition) is 0. The lowest BCUT2D eigenvalue weighted by Crippen LogP contribution is -2.04.